The molecule has 3 nitrogen and oxygen atoms in total. The number of aliphatic hydroxyl groups is 1. The standard InChI is InChI=1S/C13H28N2O/c1-10(2)8-11(14)12(9-16)15-7-5-6-13(15,3)4/h10-12,16H,5-9,14H2,1-4H3. The Kier molecular flexibility index (Phi) is 4.77. The fourth-order valence-corrected chi connectivity index (χ4v) is 2.91. The first kappa shape index (κ1) is 13.9. The summed E-state index contributed by atoms with van der Waals surface area (Å²) < 4.78 is 0. The Bertz CT molecular complexity index is 216. The maximum absolute atomic E-state index is 9.58. The molecule has 3 heteroatoms. The van der Waals surface area contributed by atoms with Crippen LogP contribution in [0.3, 0.4) is 0 Å². The Labute approximate surface area is 100 Å². The number of rotatable bonds is 5. The molecule has 3 N–H and O–H groups in total. The average Bonchev–Trinajstić information content (AvgIpc) is 2.46. The van der Waals surface area contributed by atoms with Crippen LogP contribution in [0.5, 0.6) is 0 Å². The van der Waals surface area contributed by atoms with Crippen molar-refractivity contribution in [3.05, 3.63) is 0 Å². The largest absolute Gasteiger partial charge is 0.395 e. The fourth-order valence-electron chi connectivity index (χ4n) is 2.91. The summed E-state index contributed by atoms with van der Waals surface area (Å²) >= 11 is 0. The van der Waals surface area contributed by atoms with Crippen LogP contribution >= 0.6 is 0 Å². The molecule has 0 aliphatic carbocycles. The van der Waals surface area contributed by atoms with Crippen molar-refractivity contribution in [3.63, 3.8) is 0 Å². The Hall–Kier alpha value is -0.120. The third kappa shape index (κ3) is 3.19. The van der Waals surface area contributed by atoms with Crippen molar-refractivity contribution < 1.29 is 5.11 Å². The molecule has 0 radical (unpaired) electrons. The Morgan fingerprint density at radius 2 is 2.00 bits per heavy atom. The summed E-state index contributed by atoms with van der Waals surface area (Å²) in [6.45, 7) is 10.1. The summed E-state index contributed by atoms with van der Waals surface area (Å²) in [5.41, 5.74) is 6.43. The summed E-state index contributed by atoms with van der Waals surface area (Å²) in [6.07, 6.45) is 3.41. The van der Waals surface area contributed by atoms with Crippen LogP contribution in [-0.2, 0) is 0 Å². The minimum absolute atomic E-state index is 0.0855. The summed E-state index contributed by atoms with van der Waals surface area (Å²) in [5, 5.41) is 9.58. The van der Waals surface area contributed by atoms with Gasteiger partial charge in [-0.1, -0.05) is 13.8 Å². The van der Waals surface area contributed by atoms with Crippen LogP contribution < -0.4 is 5.73 Å². The van der Waals surface area contributed by atoms with Crippen molar-refractivity contribution in [3.8, 4) is 0 Å². The van der Waals surface area contributed by atoms with E-state index in [0.717, 1.165) is 13.0 Å². The molecular weight excluding hydrogens is 200 g/mol. The predicted molar refractivity (Wildman–Crippen MR) is 68.3 cm³/mol. The molecule has 2 atom stereocenters. The van der Waals surface area contributed by atoms with Gasteiger partial charge in [-0.2, -0.15) is 0 Å². The highest BCUT2D eigenvalue weighted by molar-refractivity contribution is 4.95. The molecule has 1 fully saturated rings. The summed E-state index contributed by atoms with van der Waals surface area (Å²) in [5.74, 6) is 0.592. The van der Waals surface area contributed by atoms with Crippen LogP contribution in [0, 0.1) is 5.92 Å². The molecule has 1 heterocycles. The van der Waals surface area contributed by atoms with Crippen molar-refractivity contribution in [2.24, 2.45) is 11.7 Å². The van der Waals surface area contributed by atoms with E-state index in [0.29, 0.717) is 5.92 Å². The van der Waals surface area contributed by atoms with Gasteiger partial charge >= 0.3 is 0 Å². The highest BCUT2D eigenvalue weighted by Gasteiger charge is 2.38. The van der Waals surface area contributed by atoms with Crippen molar-refractivity contribution in [2.75, 3.05) is 13.2 Å². The van der Waals surface area contributed by atoms with Crippen LogP contribution in [0.15, 0.2) is 0 Å². The minimum atomic E-state index is 0.0855. The lowest BCUT2D eigenvalue weighted by atomic mass is 9.94. The average molecular weight is 228 g/mol. The monoisotopic (exact) mass is 228 g/mol. The number of nitrogens with two attached hydrogens (primary N) is 1. The molecular formula is C13H28N2O. The van der Waals surface area contributed by atoms with Gasteiger partial charge in [-0.25, -0.2) is 0 Å². The fraction of sp³-hybridized carbons (Fsp3) is 1.00. The molecule has 0 aromatic heterocycles. The highest BCUT2D eigenvalue weighted by Crippen LogP contribution is 2.31. The zero-order chi connectivity index (χ0) is 12.3. The van der Waals surface area contributed by atoms with Gasteiger partial charge in [-0.3, -0.25) is 4.90 Å². The first-order chi connectivity index (χ1) is 7.38. The van der Waals surface area contributed by atoms with Gasteiger partial charge in [0.25, 0.3) is 0 Å². The zero-order valence-electron chi connectivity index (χ0n) is 11.2. The highest BCUT2D eigenvalue weighted by atomic mass is 16.3. The van der Waals surface area contributed by atoms with Crippen LogP contribution in [0.1, 0.15) is 47.0 Å². The van der Waals surface area contributed by atoms with Crippen molar-refractivity contribution in [1.29, 1.82) is 0 Å². The molecule has 2 unspecified atom stereocenters. The molecule has 96 valence electrons. The van der Waals surface area contributed by atoms with E-state index in [1.165, 1.54) is 12.8 Å². The van der Waals surface area contributed by atoms with Crippen molar-refractivity contribution in [1.82, 2.24) is 4.90 Å². The molecule has 0 bridgehead atoms. The van der Waals surface area contributed by atoms with Gasteiger partial charge in [-0.05, 0) is 45.6 Å². The second-order valence-electron chi connectivity index (χ2n) is 6.15. The summed E-state index contributed by atoms with van der Waals surface area (Å²) in [4.78, 5) is 2.40. The van der Waals surface area contributed by atoms with Gasteiger partial charge < -0.3 is 10.8 Å². The number of hydrogen-bond acceptors (Lipinski definition) is 3. The molecule has 0 spiro atoms. The number of hydrogen-bond donors (Lipinski definition) is 2. The maximum Gasteiger partial charge on any atom is 0.0602 e. The molecule has 0 amide bonds. The van der Waals surface area contributed by atoms with Gasteiger partial charge in [0.15, 0.2) is 0 Å². The SMILES string of the molecule is CC(C)CC(N)C(CO)N1CCCC1(C)C. The first-order valence-corrected chi connectivity index (χ1v) is 6.51. The van der Waals surface area contributed by atoms with Gasteiger partial charge in [0, 0.05) is 17.6 Å². The molecule has 1 rings (SSSR count). The Balaban J connectivity index is 2.66. The molecule has 1 aliphatic heterocycles. The quantitative estimate of drug-likeness (QED) is 0.751. The number of aliphatic hydroxyl groups excluding tert-OH is 1. The van der Waals surface area contributed by atoms with E-state index in [-0.39, 0.29) is 24.2 Å². The van der Waals surface area contributed by atoms with Crippen molar-refractivity contribution in [2.45, 2.75) is 64.6 Å². The smallest absolute Gasteiger partial charge is 0.0602 e. The molecule has 0 aromatic carbocycles. The van der Waals surface area contributed by atoms with E-state index in [4.69, 9.17) is 5.73 Å². The third-order valence-electron chi connectivity index (χ3n) is 3.79. The lowest BCUT2D eigenvalue weighted by Crippen LogP contribution is -2.55. The van der Waals surface area contributed by atoms with Gasteiger partial charge in [-0.15, -0.1) is 0 Å². The first-order valence-electron chi connectivity index (χ1n) is 6.51. The zero-order valence-corrected chi connectivity index (χ0v) is 11.2. The van der Waals surface area contributed by atoms with E-state index in [1.54, 1.807) is 0 Å². The van der Waals surface area contributed by atoms with E-state index >= 15 is 0 Å². The Morgan fingerprint density at radius 1 is 1.38 bits per heavy atom. The van der Waals surface area contributed by atoms with E-state index < -0.39 is 0 Å². The summed E-state index contributed by atoms with van der Waals surface area (Å²) in [7, 11) is 0. The lowest BCUT2D eigenvalue weighted by molar-refractivity contribution is 0.0515. The molecule has 16 heavy (non-hydrogen) atoms. The minimum Gasteiger partial charge on any atom is -0.395 e. The van der Waals surface area contributed by atoms with Crippen LogP contribution in [0.4, 0.5) is 0 Å². The molecule has 0 aromatic rings. The number of likely N-dealkylation sites (tertiary alicyclic amines) is 1. The second-order valence-corrected chi connectivity index (χ2v) is 6.15. The molecule has 1 saturated heterocycles. The van der Waals surface area contributed by atoms with Gasteiger partial charge in [0.2, 0.25) is 0 Å². The van der Waals surface area contributed by atoms with Gasteiger partial charge in [0.1, 0.15) is 0 Å². The predicted octanol–water partition coefficient (Wildman–Crippen LogP) is 1.60. The Morgan fingerprint density at radius 3 is 2.38 bits per heavy atom. The van der Waals surface area contributed by atoms with E-state index in [2.05, 4.69) is 32.6 Å². The van der Waals surface area contributed by atoms with E-state index in [9.17, 15) is 5.11 Å². The van der Waals surface area contributed by atoms with Crippen LogP contribution in [-0.4, -0.2) is 40.8 Å². The van der Waals surface area contributed by atoms with Crippen LogP contribution in [0.25, 0.3) is 0 Å². The number of nitrogens with zero attached hydrogens (tertiary/aromatic N) is 1. The lowest BCUT2D eigenvalue weighted by Gasteiger charge is -2.40. The second kappa shape index (κ2) is 5.48. The normalized spacial score (nSPS) is 24.9. The maximum atomic E-state index is 9.58. The topological polar surface area (TPSA) is 49.5 Å². The van der Waals surface area contributed by atoms with Gasteiger partial charge in [0.05, 0.1) is 6.61 Å². The summed E-state index contributed by atoms with van der Waals surface area (Å²) in [6, 6.07) is 0.210. The van der Waals surface area contributed by atoms with Crippen molar-refractivity contribution >= 4 is 0 Å². The molecule has 0 saturated carbocycles. The van der Waals surface area contributed by atoms with Crippen LogP contribution in [0.2, 0.25) is 0 Å². The van der Waals surface area contributed by atoms with E-state index in [1.807, 2.05) is 0 Å². The molecule has 1 aliphatic rings. The third-order valence-corrected chi connectivity index (χ3v) is 3.79.